The first-order chi connectivity index (χ1) is 6.89. The van der Waals surface area contributed by atoms with Crippen molar-refractivity contribution in [3.8, 4) is 0 Å². The maximum Gasteiger partial charge on any atom is 0.233 e. The van der Waals surface area contributed by atoms with Crippen molar-refractivity contribution in [1.29, 1.82) is 0 Å². The molecule has 2 nitrogen and oxygen atoms in total. The van der Waals surface area contributed by atoms with Gasteiger partial charge in [0.2, 0.25) is 5.91 Å². The third-order valence-electron chi connectivity index (χ3n) is 3.63. The molecule has 1 N–H and O–H groups in total. The van der Waals surface area contributed by atoms with Gasteiger partial charge in [-0.3, -0.25) is 4.79 Å². The lowest BCUT2D eigenvalue weighted by atomic mass is 9.92. The summed E-state index contributed by atoms with van der Waals surface area (Å²) in [7, 11) is 0. The summed E-state index contributed by atoms with van der Waals surface area (Å²) in [5.41, 5.74) is 0.389. The van der Waals surface area contributed by atoms with Crippen LogP contribution in [0.5, 0.6) is 0 Å². The average Bonchev–Trinajstić information content (AvgIpc) is 2.93. The predicted octanol–water partition coefficient (Wildman–Crippen LogP) is 2.49. The Morgan fingerprint density at radius 1 is 1.33 bits per heavy atom. The molecule has 1 amide bonds. The molecule has 0 aromatic rings. The van der Waals surface area contributed by atoms with Crippen LogP contribution in [0.4, 0.5) is 0 Å². The van der Waals surface area contributed by atoms with Crippen LogP contribution in [0.25, 0.3) is 0 Å². The van der Waals surface area contributed by atoms with Crippen LogP contribution >= 0.6 is 12.6 Å². The Balaban J connectivity index is 2.35. The molecule has 0 heterocycles. The summed E-state index contributed by atoms with van der Waals surface area (Å²) in [5, 5.41) is 2.86. The van der Waals surface area contributed by atoms with E-state index in [1.807, 2.05) is 13.8 Å². The number of hydrogen-bond acceptors (Lipinski definition) is 2. The second-order valence-electron chi connectivity index (χ2n) is 5.42. The highest BCUT2D eigenvalue weighted by atomic mass is 32.1. The van der Waals surface area contributed by atoms with Crippen LogP contribution in [0, 0.1) is 17.3 Å². The fourth-order valence-electron chi connectivity index (χ4n) is 1.79. The van der Waals surface area contributed by atoms with Crippen LogP contribution in [-0.2, 0) is 4.79 Å². The van der Waals surface area contributed by atoms with Crippen LogP contribution in [0.3, 0.4) is 0 Å². The largest absolute Gasteiger partial charge is 0.355 e. The molecule has 1 saturated carbocycles. The zero-order valence-electron chi connectivity index (χ0n) is 10.2. The van der Waals surface area contributed by atoms with E-state index in [1.54, 1.807) is 0 Å². The summed E-state index contributed by atoms with van der Waals surface area (Å²) in [4.78, 5) is 11.7. The Kier molecular flexibility index (Phi) is 4.10. The van der Waals surface area contributed by atoms with Gasteiger partial charge in [0.15, 0.2) is 0 Å². The minimum absolute atomic E-state index is 0.0836. The van der Waals surface area contributed by atoms with Gasteiger partial charge in [-0.1, -0.05) is 27.7 Å². The second kappa shape index (κ2) is 4.77. The third-order valence-corrected chi connectivity index (χ3v) is 4.46. The molecule has 0 bridgehead atoms. The number of rotatable bonds is 5. The quantitative estimate of drug-likeness (QED) is 0.697. The smallest absolute Gasteiger partial charge is 0.233 e. The van der Waals surface area contributed by atoms with E-state index in [4.69, 9.17) is 0 Å². The van der Waals surface area contributed by atoms with Gasteiger partial charge in [0.05, 0.1) is 5.25 Å². The van der Waals surface area contributed by atoms with Gasteiger partial charge in [0.1, 0.15) is 0 Å². The molecule has 0 aliphatic heterocycles. The van der Waals surface area contributed by atoms with Crippen molar-refractivity contribution in [2.24, 2.45) is 17.3 Å². The van der Waals surface area contributed by atoms with Crippen LogP contribution in [0.15, 0.2) is 0 Å². The van der Waals surface area contributed by atoms with Gasteiger partial charge in [-0.15, -0.1) is 0 Å². The summed E-state index contributed by atoms with van der Waals surface area (Å²) in [6.45, 7) is 9.34. The summed E-state index contributed by atoms with van der Waals surface area (Å²) < 4.78 is 0. The minimum atomic E-state index is -0.173. The van der Waals surface area contributed by atoms with Gasteiger partial charge in [-0.2, -0.15) is 12.6 Å². The molecule has 88 valence electrons. The molecule has 0 aromatic carbocycles. The van der Waals surface area contributed by atoms with E-state index in [1.165, 1.54) is 12.8 Å². The Labute approximate surface area is 98.6 Å². The van der Waals surface area contributed by atoms with Crippen LogP contribution in [0.2, 0.25) is 0 Å². The Morgan fingerprint density at radius 3 is 2.20 bits per heavy atom. The van der Waals surface area contributed by atoms with E-state index in [0.717, 1.165) is 6.54 Å². The first kappa shape index (κ1) is 12.9. The Bertz CT molecular complexity index is 234. The summed E-state index contributed by atoms with van der Waals surface area (Å²) in [6, 6.07) is 0. The van der Waals surface area contributed by atoms with Crippen molar-refractivity contribution in [2.45, 2.75) is 45.8 Å². The van der Waals surface area contributed by atoms with E-state index in [0.29, 0.717) is 17.3 Å². The van der Waals surface area contributed by atoms with Gasteiger partial charge in [0, 0.05) is 6.54 Å². The van der Waals surface area contributed by atoms with E-state index >= 15 is 0 Å². The highest BCUT2D eigenvalue weighted by Crippen LogP contribution is 2.51. The molecule has 1 aliphatic rings. The molecule has 0 spiro atoms. The fraction of sp³-hybridized carbons (Fsp3) is 0.917. The standard InChI is InChI=1S/C12H23NOS/c1-8(2)10(15)11(14)13-7-12(5-6-12)9(3)4/h8-10,15H,5-7H2,1-4H3,(H,13,14). The van der Waals surface area contributed by atoms with E-state index in [2.05, 4.69) is 31.8 Å². The SMILES string of the molecule is CC(C)C(S)C(=O)NCC1(C(C)C)CC1. The van der Waals surface area contributed by atoms with Crippen molar-refractivity contribution in [1.82, 2.24) is 5.32 Å². The topological polar surface area (TPSA) is 29.1 Å². The Hall–Kier alpha value is -0.180. The normalized spacial score (nSPS) is 20.5. The van der Waals surface area contributed by atoms with Crippen LogP contribution in [-0.4, -0.2) is 17.7 Å². The summed E-state index contributed by atoms with van der Waals surface area (Å²) in [5.74, 6) is 1.04. The van der Waals surface area contributed by atoms with Crippen molar-refractivity contribution < 1.29 is 4.79 Å². The molecular formula is C12H23NOS. The number of hydrogen-bond donors (Lipinski definition) is 2. The molecule has 0 saturated heterocycles. The summed E-state index contributed by atoms with van der Waals surface area (Å²) >= 11 is 4.31. The first-order valence-corrected chi connectivity index (χ1v) is 6.36. The molecule has 1 rings (SSSR count). The maximum absolute atomic E-state index is 11.7. The molecule has 3 heteroatoms. The third kappa shape index (κ3) is 3.13. The van der Waals surface area contributed by atoms with Crippen LogP contribution < -0.4 is 5.32 Å². The highest BCUT2D eigenvalue weighted by Gasteiger charge is 2.45. The Morgan fingerprint density at radius 2 is 1.87 bits per heavy atom. The second-order valence-corrected chi connectivity index (χ2v) is 5.98. The zero-order chi connectivity index (χ0) is 11.6. The van der Waals surface area contributed by atoms with Gasteiger partial charge >= 0.3 is 0 Å². The van der Waals surface area contributed by atoms with Crippen molar-refractivity contribution >= 4 is 18.5 Å². The van der Waals surface area contributed by atoms with Crippen LogP contribution in [0.1, 0.15) is 40.5 Å². The molecule has 1 fully saturated rings. The average molecular weight is 229 g/mol. The molecule has 1 atom stereocenters. The molecule has 0 radical (unpaired) electrons. The molecule has 15 heavy (non-hydrogen) atoms. The predicted molar refractivity (Wildman–Crippen MR) is 67.1 cm³/mol. The number of carbonyl (C=O) groups excluding carboxylic acids is 1. The van der Waals surface area contributed by atoms with E-state index in [9.17, 15) is 4.79 Å². The lowest BCUT2D eigenvalue weighted by molar-refractivity contribution is -0.121. The molecule has 1 unspecified atom stereocenters. The zero-order valence-corrected chi connectivity index (χ0v) is 11.1. The van der Waals surface area contributed by atoms with Crippen molar-refractivity contribution in [3.63, 3.8) is 0 Å². The molecule has 0 aromatic heterocycles. The monoisotopic (exact) mass is 229 g/mol. The summed E-state index contributed by atoms with van der Waals surface area (Å²) in [6.07, 6.45) is 2.51. The van der Waals surface area contributed by atoms with E-state index < -0.39 is 0 Å². The molecule has 1 aliphatic carbocycles. The minimum Gasteiger partial charge on any atom is -0.355 e. The lowest BCUT2D eigenvalue weighted by Gasteiger charge is -2.22. The van der Waals surface area contributed by atoms with E-state index in [-0.39, 0.29) is 11.2 Å². The number of amides is 1. The van der Waals surface area contributed by atoms with Crippen molar-refractivity contribution in [2.75, 3.05) is 6.54 Å². The number of thiol groups is 1. The van der Waals surface area contributed by atoms with Gasteiger partial charge in [0.25, 0.3) is 0 Å². The highest BCUT2D eigenvalue weighted by molar-refractivity contribution is 7.81. The fourth-order valence-corrected chi connectivity index (χ4v) is 1.88. The maximum atomic E-state index is 11.7. The first-order valence-electron chi connectivity index (χ1n) is 5.85. The van der Waals surface area contributed by atoms with Crippen molar-refractivity contribution in [3.05, 3.63) is 0 Å². The molecular weight excluding hydrogens is 206 g/mol. The van der Waals surface area contributed by atoms with Gasteiger partial charge in [-0.05, 0) is 30.1 Å². The van der Waals surface area contributed by atoms with Gasteiger partial charge < -0.3 is 5.32 Å². The van der Waals surface area contributed by atoms with Gasteiger partial charge in [-0.25, -0.2) is 0 Å². The number of carbonyl (C=O) groups is 1. The lowest BCUT2D eigenvalue weighted by Crippen LogP contribution is -2.39. The number of nitrogens with one attached hydrogen (secondary N) is 1.